The standard InChI is InChI=1S/C15H24FNO3S/c1-20-10-9-17-12-13(6-5-11-21(2,18)19)14-7-3-4-8-15(14)16/h3-4,7-8,13,17H,5-6,9-12H2,1-2H3. The minimum absolute atomic E-state index is 0.0372. The van der Waals surface area contributed by atoms with Crippen molar-refractivity contribution < 1.29 is 17.5 Å². The van der Waals surface area contributed by atoms with Crippen LogP contribution in [-0.4, -0.2) is 47.2 Å². The summed E-state index contributed by atoms with van der Waals surface area (Å²) in [5.74, 6) is -0.143. The smallest absolute Gasteiger partial charge is 0.147 e. The summed E-state index contributed by atoms with van der Waals surface area (Å²) >= 11 is 0. The van der Waals surface area contributed by atoms with E-state index in [1.165, 1.54) is 12.3 Å². The van der Waals surface area contributed by atoms with Crippen molar-refractivity contribution in [2.24, 2.45) is 0 Å². The van der Waals surface area contributed by atoms with Crippen LogP contribution < -0.4 is 5.32 Å². The quantitative estimate of drug-likeness (QED) is 0.670. The number of sulfone groups is 1. The molecule has 0 aromatic heterocycles. The second kappa shape index (κ2) is 9.12. The summed E-state index contributed by atoms with van der Waals surface area (Å²) in [6.07, 6.45) is 2.39. The van der Waals surface area contributed by atoms with Crippen LogP contribution in [0.15, 0.2) is 24.3 Å². The third-order valence-corrected chi connectivity index (χ3v) is 4.32. The van der Waals surface area contributed by atoms with E-state index in [0.717, 1.165) is 0 Å². The van der Waals surface area contributed by atoms with Gasteiger partial charge in [-0.25, -0.2) is 12.8 Å². The van der Waals surface area contributed by atoms with Crippen molar-refractivity contribution in [3.8, 4) is 0 Å². The Morgan fingerprint density at radius 2 is 2.05 bits per heavy atom. The Hall–Kier alpha value is -0.980. The molecular formula is C15H24FNO3S. The van der Waals surface area contributed by atoms with E-state index in [0.29, 0.717) is 38.1 Å². The minimum atomic E-state index is -2.98. The van der Waals surface area contributed by atoms with Gasteiger partial charge in [0.15, 0.2) is 0 Å². The first-order valence-corrected chi connectivity index (χ1v) is 9.12. The molecule has 120 valence electrons. The van der Waals surface area contributed by atoms with E-state index in [4.69, 9.17) is 4.74 Å². The summed E-state index contributed by atoms with van der Waals surface area (Å²) < 4.78 is 41.3. The van der Waals surface area contributed by atoms with Crippen LogP contribution in [0.5, 0.6) is 0 Å². The van der Waals surface area contributed by atoms with E-state index in [9.17, 15) is 12.8 Å². The zero-order valence-electron chi connectivity index (χ0n) is 12.6. The molecule has 0 aliphatic carbocycles. The number of nitrogens with one attached hydrogen (secondary N) is 1. The molecule has 1 atom stereocenters. The van der Waals surface area contributed by atoms with Crippen LogP contribution in [0, 0.1) is 5.82 Å². The molecule has 0 amide bonds. The first-order valence-electron chi connectivity index (χ1n) is 7.06. The highest BCUT2D eigenvalue weighted by atomic mass is 32.2. The fraction of sp³-hybridized carbons (Fsp3) is 0.600. The second-order valence-electron chi connectivity index (χ2n) is 5.19. The minimum Gasteiger partial charge on any atom is -0.383 e. The number of ether oxygens (including phenoxy) is 1. The van der Waals surface area contributed by atoms with Gasteiger partial charge in [0, 0.05) is 32.2 Å². The maximum Gasteiger partial charge on any atom is 0.147 e. The van der Waals surface area contributed by atoms with E-state index in [2.05, 4.69) is 5.32 Å². The Bertz CT molecular complexity index is 519. The number of methoxy groups -OCH3 is 1. The molecule has 6 heteroatoms. The predicted octanol–water partition coefficient (Wildman–Crippen LogP) is 1.97. The van der Waals surface area contributed by atoms with Gasteiger partial charge in [-0.05, 0) is 30.4 Å². The molecule has 1 N–H and O–H groups in total. The molecule has 4 nitrogen and oxygen atoms in total. The van der Waals surface area contributed by atoms with Crippen molar-refractivity contribution >= 4 is 9.84 Å². The fourth-order valence-corrected chi connectivity index (χ4v) is 2.91. The molecule has 0 heterocycles. The van der Waals surface area contributed by atoms with Crippen LogP contribution in [0.2, 0.25) is 0 Å². The third-order valence-electron chi connectivity index (χ3n) is 3.29. The first kappa shape index (κ1) is 18.1. The van der Waals surface area contributed by atoms with E-state index in [-0.39, 0.29) is 17.5 Å². The molecule has 0 radical (unpaired) electrons. The predicted molar refractivity (Wildman–Crippen MR) is 82.8 cm³/mol. The number of rotatable bonds is 10. The molecule has 0 aliphatic heterocycles. The summed E-state index contributed by atoms with van der Waals surface area (Å²) in [7, 11) is -1.35. The maximum atomic E-state index is 13.9. The SMILES string of the molecule is COCCNCC(CCCS(C)(=O)=O)c1ccccc1F. The molecule has 1 unspecified atom stereocenters. The molecule has 0 saturated heterocycles. The van der Waals surface area contributed by atoms with Crippen molar-refractivity contribution in [3.05, 3.63) is 35.6 Å². The van der Waals surface area contributed by atoms with Gasteiger partial charge in [0.2, 0.25) is 0 Å². The Morgan fingerprint density at radius 1 is 1.33 bits per heavy atom. The van der Waals surface area contributed by atoms with Crippen LogP contribution in [0.1, 0.15) is 24.3 Å². The van der Waals surface area contributed by atoms with E-state index < -0.39 is 9.84 Å². The zero-order valence-corrected chi connectivity index (χ0v) is 13.5. The van der Waals surface area contributed by atoms with Crippen molar-refractivity contribution in [2.45, 2.75) is 18.8 Å². The number of benzene rings is 1. The molecule has 0 spiro atoms. The van der Waals surface area contributed by atoms with Crippen molar-refractivity contribution in [1.82, 2.24) is 5.32 Å². The normalized spacial score (nSPS) is 13.3. The van der Waals surface area contributed by atoms with Gasteiger partial charge in [0.25, 0.3) is 0 Å². The fourth-order valence-electron chi connectivity index (χ4n) is 2.22. The van der Waals surface area contributed by atoms with Crippen LogP contribution in [-0.2, 0) is 14.6 Å². The molecule has 0 saturated carbocycles. The molecule has 1 aromatic carbocycles. The van der Waals surface area contributed by atoms with Gasteiger partial charge in [0.05, 0.1) is 6.61 Å². The van der Waals surface area contributed by atoms with E-state index >= 15 is 0 Å². The van der Waals surface area contributed by atoms with Crippen molar-refractivity contribution in [3.63, 3.8) is 0 Å². The van der Waals surface area contributed by atoms with Gasteiger partial charge < -0.3 is 10.1 Å². The number of hydrogen-bond acceptors (Lipinski definition) is 4. The van der Waals surface area contributed by atoms with Crippen molar-refractivity contribution in [1.29, 1.82) is 0 Å². The monoisotopic (exact) mass is 317 g/mol. The average molecular weight is 317 g/mol. The van der Waals surface area contributed by atoms with Crippen molar-refractivity contribution in [2.75, 3.05) is 38.8 Å². The molecule has 0 aliphatic rings. The molecular weight excluding hydrogens is 293 g/mol. The molecule has 0 bridgehead atoms. The largest absolute Gasteiger partial charge is 0.383 e. The Kier molecular flexibility index (Phi) is 7.85. The third kappa shape index (κ3) is 7.55. The summed E-state index contributed by atoms with van der Waals surface area (Å²) in [4.78, 5) is 0. The van der Waals surface area contributed by atoms with Gasteiger partial charge in [-0.2, -0.15) is 0 Å². The summed E-state index contributed by atoms with van der Waals surface area (Å²) in [6.45, 7) is 1.88. The molecule has 0 fully saturated rings. The Morgan fingerprint density at radius 3 is 2.67 bits per heavy atom. The average Bonchev–Trinajstić information content (AvgIpc) is 2.41. The van der Waals surface area contributed by atoms with E-state index in [1.54, 1.807) is 25.3 Å². The lowest BCUT2D eigenvalue weighted by molar-refractivity contribution is 0.198. The number of halogens is 1. The van der Waals surface area contributed by atoms with Gasteiger partial charge in [0.1, 0.15) is 15.7 Å². The lowest BCUT2D eigenvalue weighted by Gasteiger charge is -2.18. The van der Waals surface area contributed by atoms with E-state index in [1.807, 2.05) is 0 Å². The second-order valence-corrected chi connectivity index (χ2v) is 7.45. The molecule has 1 rings (SSSR count). The summed E-state index contributed by atoms with van der Waals surface area (Å²) in [6, 6.07) is 6.66. The summed E-state index contributed by atoms with van der Waals surface area (Å²) in [5.41, 5.74) is 0.635. The number of hydrogen-bond donors (Lipinski definition) is 1. The lowest BCUT2D eigenvalue weighted by atomic mass is 9.94. The Balaban J connectivity index is 2.64. The lowest BCUT2D eigenvalue weighted by Crippen LogP contribution is -2.26. The highest BCUT2D eigenvalue weighted by Gasteiger charge is 2.16. The summed E-state index contributed by atoms with van der Waals surface area (Å²) in [5, 5.41) is 3.22. The van der Waals surface area contributed by atoms with Gasteiger partial charge in [-0.15, -0.1) is 0 Å². The first-order chi connectivity index (χ1) is 9.94. The zero-order chi connectivity index (χ0) is 15.7. The topological polar surface area (TPSA) is 55.4 Å². The molecule has 21 heavy (non-hydrogen) atoms. The highest BCUT2D eigenvalue weighted by Crippen LogP contribution is 2.23. The van der Waals surface area contributed by atoms with Crippen LogP contribution in [0.3, 0.4) is 0 Å². The van der Waals surface area contributed by atoms with Gasteiger partial charge in [-0.1, -0.05) is 18.2 Å². The van der Waals surface area contributed by atoms with Gasteiger partial charge >= 0.3 is 0 Å². The highest BCUT2D eigenvalue weighted by molar-refractivity contribution is 7.90. The van der Waals surface area contributed by atoms with Crippen LogP contribution in [0.25, 0.3) is 0 Å². The Labute approximate surface area is 126 Å². The van der Waals surface area contributed by atoms with Crippen LogP contribution >= 0.6 is 0 Å². The molecule has 1 aromatic rings. The maximum absolute atomic E-state index is 13.9. The van der Waals surface area contributed by atoms with Gasteiger partial charge in [-0.3, -0.25) is 0 Å². The van der Waals surface area contributed by atoms with Crippen LogP contribution in [0.4, 0.5) is 4.39 Å².